The summed E-state index contributed by atoms with van der Waals surface area (Å²) in [5.41, 5.74) is 0. The van der Waals surface area contributed by atoms with Crippen molar-refractivity contribution in [3.63, 3.8) is 0 Å². The number of esters is 1. The fraction of sp³-hybridized carbons (Fsp3) is 0.931. The van der Waals surface area contributed by atoms with Gasteiger partial charge in [-0.15, -0.1) is 0 Å². The molecular formula is C29H56NNa2O8P. The minimum absolute atomic E-state index is 0. The van der Waals surface area contributed by atoms with E-state index >= 15 is 0 Å². The molecule has 0 unspecified atom stereocenters. The molecule has 0 fully saturated rings. The van der Waals surface area contributed by atoms with Gasteiger partial charge in [-0.25, -0.2) is 0 Å². The van der Waals surface area contributed by atoms with E-state index in [1.807, 2.05) is 0 Å². The first-order chi connectivity index (χ1) is 18.9. The van der Waals surface area contributed by atoms with Gasteiger partial charge in [0.15, 0.2) is 0 Å². The van der Waals surface area contributed by atoms with Gasteiger partial charge < -0.3 is 33.7 Å². The van der Waals surface area contributed by atoms with Crippen molar-refractivity contribution in [3.05, 3.63) is 0 Å². The second kappa shape index (κ2) is 35.5. The minimum atomic E-state index is -5.11. The van der Waals surface area contributed by atoms with Crippen LogP contribution in [0.15, 0.2) is 0 Å². The van der Waals surface area contributed by atoms with Gasteiger partial charge in [-0.3, -0.25) is 9.59 Å². The SMILES string of the molecule is CCCCCCCCCC(=O)O[C@@H](CNCCCCCCCCCCCCCCCOC=O)COP(=O)([O-])[O-].[Na+].[Na+]. The van der Waals surface area contributed by atoms with Crippen LogP contribution in [0.4, 0.5) is 0 Å². The molecule has 9 nitrogen and oxygen atoms in total. The molecule has 0 spiro atoms. The molecule has 0 aromatic heterocycles. The van der Waals surface area contributed by atoms with Crippen LogP contribution < -0.4 is 74.2 Å². The van der Waals surface area contributed by atoms with Crippen LogP contribution in [0, 0.1) is 0 Å². The van der Waals surface area contributed by atoms with Crippen LogP contribution in [0.25, 0.3) is 0 Å². The molecule has 0 aliphatic heterocycles. The number of ether oxygens (including phenoxy) is 2. The number of rotatable bonds is 31. The predicted octanol–water partition coefficient (Wildman–Crippen LogP) is -0.274. The van der Waals surface area contributed by atoms with E-state index in [-0.39, 0.29) is 78.0 Å². The van der Waals surface area contributed by atoms with Crippen LogP contribution in [0.5, 0.6) is 0 Å². The summed E-state index contributed by atoms with van der Waals surface area (Å²) in [6.07, 6.45) is 22.6. The smallest absolute Gasteiger partial charge is 0.790 e. The van der Waals surface area contributed by atoms with Crippen LogP contribution in [0.1, 0.15) is 142 Å². The van der Waals surface area contributed by atoms with Crippen molar-refractivity contribution in [2.24, 2.45) is 0 Å². The normalized spacial score (nSPS) is 11.8. The third kappa shape index (κ3) is 39.0. The minimum Gasteiger partial charge on any atom is -0.790 e. The second-order valence-electron chi connectivity index (χ2n) is 10.5. The topological polar surface area (TPSA) is 137 Å². The number of phosphoric ester groups is 1. The molecule has 12 heteroatoms. The van der Waals surface area contributed by atoms with Gasteiger partial charge in [-0.1, -0.05) is 116 Å². The van der Waals surface area contributed by atoms with Crippen molar-refractivity contribution in [2.45, 2.75) is 148 Å². The fourth-order valence-electron chi connectivity index (χ4n) is 4.47. The standard InChI is InChI=1S/C29H58NO8P.2Na/c1-2-3-4-5-13-16-19-22-29(32)38-28(26-37-39(33,34)35)25-30-23-20-17-14-11-9-7-6-8-10-12-15-18-21-24-36-27-31;;/h27-28,30H,2-26H2,1H3,(H2,33,34,35);;/q;2*+1/p-2/t28-;;/m0../s1. The number of nitrogens with one attached hydrogen (secondary N) is 1. The second-order valence-corrected chi connectivity index (χ2v) is 11.6. The maximum Gasteiger partial charge on any atom is 1.00 e. The summed E-state index contributed by atoms with van der Waals surface area (Å²) in [7, 11) is -5.11. The van der Waals surface area contributed by atoms with E-state index in [1.165, 1.54) is 83.5 Å². The van der Waals surface area contributed by atoms with Crippen LogP contribution in [0.2, 0.25) is 0 Å². The third-order valence-corrected chi connectivity index (χ3v) is 7.22. The summed E-state index contributed by atoms with van der Waals surface area (Å²) in [4.78, 5) is 43.9. The number of carbonyl (C=O) groups is 2. The molecule has 1 atom stereocenters. The Hall–Kier alpha value is 1.01. The van der Waals surface area contributed by atoms with Crippen molar-refractivity contribution in [3.8, 4) is 0 Å². The Balaban J connectivity index is -0.00000722. The number of carbonyl (C=O) groups excluding carboxylic acids is 2. The van der Waals surface area contributed by atoms with Crippen molar-refractivity contribution in [1.29, 1.82) is 0 Å². The molecule has 0 aromatic rings. The zero-order valence-corrected chi connectivity index (χ0v) is 31.4. The van der Waals surface area contributed by atoms with Crippen molar-refractivity contribution < 1.29 is 97.1 Å². The first-order valence-corrected chi connectivity index (χ1v) is 17.0. The maximum absolute atomic E-state index is 12.2. The van der Waals surface area contributed by atoms with E-state index in [4.69, 9.17) is 4.74 Å². The molecule has 0 saturated carbocycles. The molecule has 0 amide bonds. The Morgan fingerprint density at radius 2 is 1.22 bits per heavy atom. The first-order valence-electron chi connectivity index (χ1n) is 15.5. The summed E-state index contributed by atoms with van der Waals surface area (Å²) < 4.78 is 25.3. The van der Waals surface area contributed by atoms with Gasteiger partial charge in [0.1, 0.15) is 6.10 Å². The first kappa shape index (κ1) is 46.4. The van der Waals surface area contributed by atoms with Crippen molar-refractivity contribution in [1.82, 2.24) is 5.32 Å². The van der Waals surface area contributed by atoms with Gasteiger partial charge in [-0.05, 0) is 25.8 Å². The molecule has 0 aromatic carbocycles. The van der Waals surface area contributed by atoms with Crippen molar-refractivity contribution >= 4 is 20.3 Å². The molecule has 0 heterocycles. The summed E-state index contributed by atoms with van der Waals surface area (Å²) in [6, 6.07) is 0. The molecule has 232 valence electrons. The summed E-state index contributed by atoms with van der Waals surface area (Å²) in [5, 5.41) is 3.20. The van der Waals surface area contributed by atoms with E-state index < -0.39 is 20.5 Å². The zero-order valence-electron chi connectivity index (χ0n) is 26.5. The predicted molar refractivity (Wildman–Crippen MR) is 151 cm³/mol. The fourth-order valence-corrected chi connectivity index (χ4v) is 4.82. The quantitative estimate of drug-likeness (QED) is 0.0364. The van der Waals surface area contributed by atoms with Crippen molar-refractivity contribution in [2.75, 3.05) is 26.3 Å². The molecule has 41 heavy (non-hydrogen) atoms. The Morgan fingerprint density at radius 3 is 1.71 bits per heavy atom. The Bertz CT molecular complexity index is 613. The van der Waals surface area contributed by atoms with Gasteiger partial charge in [0, 0.05) is 13.0 Å². The average Bonchev–Trinajstić information content (AvgIpc) is 2.90. The van der Waals surface area contributed by atoms with Gasteiger partial charge in [0.2, 0.25) is 0 Å². The molecule has 0 aliphatic rings. The monoisotopic (exact) mass is 623 g/mol. The number of hydrogen-bond donors (Lipinski definition) is 1. The molecule has 1 N–H and O–H groups in total. The third-order valence-electron chi connectivity index (χ3n) is 6.76. The van der Waals surface area contributed by atoms with Crippen LogP contribution >= 0.6 is 7.82 Å². The molecule has 0 aliphatic carbocycles. The van der Waals surface area contributed by atoms with Gasteiger partial charge in [-0.2, -0.15) is 0 Å². The van der Waals surface area contributed by atoms with Crippen LogP contribution in [-0.2, 0) is 28.2 Å². The molecule has 0 rings (SSSR count). The maximum atomic E-state index is 12.2. The Labute approximate surface area is 294 Å². The Morgan fingerprint density at radius 1 is 0.756 bits per heavy atom. The van der Waals surface area contributed by atoms with Gasteiger partial charge >= 0.3 is 65.1 Å². The van der Waals surface area contributed by atoms with Crippen LogP contribution in [0.3, 0.4) is 0 Å². The van der Waals surface area contributed by atoms with Crippen LogP contribution in [-0.4, -0.2) is 44.8 Å². The number of hydrogen-bond acceptors (Lipinski definition) is 9. The van der Waals surface area contributed by atoms with E-state index in [2.05, 4.69) is 21.5 Å². The zero-order chi connectivity index (χ0) is 28.9. The average molecular weight is 624 g/mol. The summed E-state index contributed by atoms with van der Waals surface area (Å²) >= 11 is 0. The molecule has 0 radical (unpaired) electrons. The van der Waals surface area contributed by atoms with E-state index in [0.29, 0.717) is 13.1 Å². The number of phosphoric acid groups is 1. The largest absolute Gasteiger partial charge is 1.00 e. The van der Waals surface area contributed by atoms with Gasteiger partial charge in [0.05, 0.1) is 21.0 Å². The molecule has 0 bridgehead atoms. The summed E-state index contributed by atoms with van der Waals surface area (Å²) in [5.74, 6) is -0.383. The van der Waals surface area contributed by atoms with E-state index in [9.17, 15) is 23.9 Å². The molecule has 0 saturated heterocycles. The Kier molecular flexibility index (Phi) is 40.2. The number of unbranched alkanes of at least 4 members (excludes halogenated alkanes) is 18. The van der Waals surface area contributed by atoms with Gasteiger partial charge in [0.25, 0.3) is 6.47 Å². The van der Waals surface area contributed by atoms with E-state index in [1.54, 1.807) is 0 Å². The summed E-state index contributed by atoms with van der Waals surface area (Å²) in [6.45, 7) is 3.78. The molecular weight excluding hydrogens is 567 g/mol. The van der Waals surface area contributed by atoms with E-state index in [0.717, 1.165) is 51.5 Å².